The fourth-order valence-electron chi connectivity index (χ4n) is 3.74. The van der Waals surface area contributed by atoms with E-state index in [1.807, 2.05) is 12.1 Å². The molecule has 6 heteroatoms. The van der Waals surface area contributed by atoms with E-state index in [2.05, 4.69) is 58.3 Å². The standard InChI is InChI=1S/C23H27N5O/c1-15(2)16-7-9-17(10-8-16)20(13-28-11-4-12-28)27-23-19-6-3-5-18(22(24)29)21(19)25-14-26-23/h3,5-10,14-15,20H,4,11-13H2,1-2H3,(H2,24,29)(H,25,26,27). The minimum Gasteiger partial charge on any atom is -0.366 e. The van der Waals surface area contributed by atoms with Crippen molar-refractivity contribution in [2.45, 2.75) is 32.2 Å². The SMILES string of the molecule is CC(C)c1ccc(C(CN2CCC2)Nc2ncnc3c(C(N)=O)cccc23)cc1. The average molecular weight is 390 g/mol. The third-order valence-electron chi connectivity index (χ3n) is 5.64. The number of carbonyl (C=O) groups is 1. The van der Waals surface area contributed by atoms with Gasteiger partial charge in [-0.05, 0) is 48.7 Å². The maximum atomic E-state index is 11.8. The highest BCUT2D eigenvalue weighted by atomic mass is 16.1. The molecule has 1 aliphatic heterocycles. The van der Waals surface area contributed by atoms with Crippen molar-refractivity contribution in [1.82, 2.24) is 14.9 Å². The number of benzene rings is 2. The molecule has 0 aliphatic carbocycles. The van der Waals surface area contributed by atoms with Crippen LogP contribution in [-0.2, 0) is 0 Å². The highest BCUT2D eigenvalue weighted by molar-refractivity contribution is 6.06. The molecule has 0 saturated carbocycles. The van der Waals surface area contributed by atoms with Crippen molar-refractivity contribution in [1.29, 1.82) is 0 Å². The van der Waals surface area contributed by atoms with E-state index < -0.39 is 5.91 Å². The van der Waals surface area contributed by atoms with Gasteiger partial charge in [-0.15, -0.1) is 0 Å². The quantitative estimate of drug-likeness (QED) is 0.643. The van der Waals surface area contributed by atoms with Gasteiger partial charge < -0.3 is 16.0 Å². The number of para-hydroxylation sites is 1. The van der Waals surface area contributed by atoms with Crippen LogP contribution in [0.5, 0.6) is 0 Å². The zero-order valence-electron chi connectivity index (χ0n) is 16.9. The summed E-state index contributed by atoms with van der Waals surface area (Å²) in [5.41, 5.74) is 9.07. The van der Waals surface area contributed by atoms with E-state index >= 15 is 0 Å². The molecule has 4 rings (SSSR count). The number of amides is 1. The normalized spacial score (nSPS) is 15.3. The van der Waals surface area contributed by atoms with Crippen molar-refractivity contribution in [3.63, 3.8) is 0 Å². The first-order chi connectivity index (χ1) is 14.0. The number of likely N-dealkylation sites (tertiary alicyclic amines) is 1. The van der Waals surface area contributed by atoms with Crippen molar-refractivity contribution in [3.05, 3.63) is 65.5 Å². The molecular formula is C23H27N5O. The highest BCUT2D eigenvalue weighted by Gasteiger charge is 2.22. The van der Waals surface area contributed by atoms with Gasteiger partial charge in [0.05, 0.1) is 17.1 Å². The molecule has 29 heavy (non-hydrogen) atoms. The number of carbonyl (C=O) groups excluding carboxylic acids is 1. The topological polar surface area (TPSA) is 84.1 Å². The first kappa shape index (κ1) is 19.3. The predicted octanol–water partition coefficient (Wildman–Crippen LogP) is 3.71. The summed E-state index contributed by atoms with van der Waals surface area (Å²) in [6, 6.07) is 14.3. The third kappa shape index (κ3) is 4.07. The Hall–Kier alpha value is -2.99. The number of anilines is 1. The molecule has 150 valence electrons. The Morgan fingerprint density at radius 1 is 1.10 bits per heavy atom. The molecular weight excluding hydrogens is 362 g/mol. The van der Waals surface area contributed by atoms with Crippen molar-refractivity contribution in [3.8, 4) is 0 Å². The Balaban J connectivity index is 1.69. The number of fused-ring (bicyclic) bond motifs is 1. The van der Waals surface area contributed by atoms with Crippen LogP contribution >= 0.6 is 0 Å². The molecule has 0 radical (unpaired) electrons. The van der Waals surface area contributed by atoms with Crippen LogP contribution < -0.4 is 11.1 Å². The van der Waals surface area contributed by atoms with Crippen LogP contribution in [0, 0.1) is 0 Å². The Bertz CT molecular complexity index is 1010. The molecule has 1 aromatic heterocycles. The second-order valence-corrected chi connectivity index (χ2v) is 7.96. The van der Waals surface area contributed by atoms with Crippen LogP contribution in [0.3, 0.4) is 0 Å². The van der Waals surface area contributed by atoms with E-state index in [0.29, 0.717) is 17.0 Å². The molecule has 1 atom stereocenters. The first-order valence-electron chi connectivity index (χ1n) is 10.1. The first-order valence-corrected chi connectivity index (χ1v) is 10.1. The zero-order chi connectivity index (χ0) is 20.4. The van der Waals surface area contributed by atoms with E-state index in [4.69, 9.17) is 5.73 Å². The molecule has 1 unspecified atom stereocenters. The molecule has 0 spiro atoms. The Morgan fingerprint density at radius 2 is 1.83 bits per heavy atom. The van der Waals surface area contributed by atoms with Gasteiger partial charge in [-0.25, -0.2) is 9.97 Å². The number of nitrogens with zero attached hydrogens (tertiary/aromatic N) is 3. The maximum Gasteiger partial charge on any atom is 0.250 e. The van der Waals surface area contributed by atoms with Gasteiger partial charge in [-0.2, -0.15) is 0 Å². The summed E-state index contributed by atoms with van der Waals surface area (Å²) in [5, 5.41) is 4.41. The summed E-state index contributed by atoms with van der Waals surface area (Å²) in [6.07, 6.45) is 2.73. The van der Waals surface area contributed by atoms with Gasteiger partial charge in [0.25, 0.3) is 5.91 Å². The third-order valence-corrected chi connectivity index (χ3v) is 5.64. The number of primary amides is 1. The molecule has 6 nitrogen and oxygen atoms in total. The van der Waals surface area contributed by atoms with Gasteiger partial charge in [-0.1, -0.05) is 44.2 Å². The van der Waals surface area contributed by atoms with Crippen molar-refractivity contribution >= 4 is 22.6 Å². The lowest BCUT2D eigenvalue weighted by atomic mass is 9.98. The molecule has 1 amide bonds. The van der Waals surface area contributed by atoms with Crippen molar-refractivity contribution < 1.29 is 4.79 Å². The summed E-state index contributed by atoms with van der Waals surface area (Å²) in [6.45, 7) is 7.56. The van der Waals surface area contributed by atoms with Gasteiger partial charge in [0, 0.05) is 11.9 Å². The molecule has 3 N–H and O–H groups in total. The number of hydrogen-bond donors (Lipinski definition) is 2. The van der Waals surface area contributed by atoms with Gasteiger partial charge in [0.1, 0.15) is 12.1 Å². The Labute approximate surface area is 171 Å². The molecule has 2 aromatic carbocycles. The Kier molecular flexibility index (Phi) is 5.45. The van der Waals surface area contributed by atoms with Crippen LogP contribution in [0.15, 0.2) is 48.8 Å². The van der Waals surface area contributed by atoms with Gasteiger partial charge in [0.15, 0.2) is 0 Å². The second-order valence-electron chi connectivity index (χ2n) is 7.96. The van der Waals surface area contributed by atoms with E-state index in [-0.39, 0.29) is 6.04 Å². The van der Waals surface area contributed by atoms with Crippen molar-refractivity contribution in [2.75, 3.05) is 25.0 Å². The van der Waals surface area contributed by atoms with Crippen LogP contribution in [0.2, 0.25) is 0 Å². The second kappa shape index (κ2) is 8.17. The van der Waals surface area contributed by atoms with Crippen LogP contribution in [-0.4, -0.2) is 40.4 Å². The summed E-state index contributed by atoms with van der Waals surface area (Å²) in [5.74, 6) is 0.738. The summed E-state index contributed by atoms with van der Waals surface area (Å²) in [4.78, 5) is 23.0. The molecule has 1 aliphatic rings. The highest BCUT2D eigenvalue weighted by Crippen LogP contribution is 2.28. The fraction of sp³-hybridized carbons (Fsp3) is 0.348. The lowest BCUT2D eigenvalue weighted by molar-refractivity contribution is 0.100. The summed E-state index contributed by atoms with van der Waals surface area (Å²) < 4.78 is 0. The minimum absolute atomic E-state index is 0.0897. The molecule has 1 fully saturated rings. The van der Waals surface area contributed by atoms with Crippen molar-refractivity contribution in [2.24, 2.45) is 5.73 Å². The number of rotatable bonds is 7. The molecule has 3 aromatic rings. The van der Waals surface area contributed by atoms with Gasteiger partial charge in [-0.3, -0.25) is 4.79 Å². The monoisotopic (exact) mass is 389 g/mol. The molecule has 2 heterocycles. The average Bonchev–Trinajstić information content (AvgIpc) is 2.69. The number of nitrogens with one attached hydrogen (secondary N) is 1. The predicted molar refractivity (Wildman–Crippen MR) is 116 cm³/mol. The number of nitrogens with two attached hydrogens (primary N) is 1. The lowest BCUT2D eigenvalue weighted by Crippen LogP contribution is -2.41. The van der Waals surface area contributed by atoms with Gasteiger partial charge in [0.2, 0.25) is 0 Å². The maximum absolute atomic E-state index is 11.8. The largest absolute Gasteiger partial charge is 0.366 e. The van der Waals surface area contributed by atoms with Gasteiger partial charge >= 0.3 is 0 Å². The fourth-order valence-corrected chi connectivity index (χ4v) is 3.74. The zero-order valence-corrected chi connectivity index (χ0v) is 16.9. The van der Waals surface area contributed by atoms with E-state index in [9.17, 15) is 4.79 Å². The smallest absolute Gasteiger partial charge is 0.250 e. The van der Waals surface area contributed by atoms with E-state index in [1.165, 1.54) is 23.9 Å². The van der Waals surface area contributed by atoms with Crippen LogP contribution in [0.25, 0.3) is 10.9 Å². The molecule has 1 saturated heterocycles. The lowest BCUT2D eigenvalue weighted by Gasteiger charge is -2.35. The summed E-state index contributed by atoms with van der Waals surface area (Å²) >= 11 is 0. The number of aromatic nitrogens is 2. The van der Waals surface area contributed by atoms with Crippen LogP contribution in [0.1, 0.15) is 53.7 Å². The minimum atomic E-state index is -0.485. The summed E-state index contributed by atoms with van der Waals surface area (Å²) in [7, 11) is 0. The van der Waals surface area contributed by atoms with E-state index in [0.717, 1.165) is 30.8 Å². The van der Waals surface area contributed by atoms with E-state index in [1.54, 1.807) is 6.07 Å². The molecule has 0 bridgehead atoms. The Morgan fingerprint density at radius 3 is 2.45 bits per heavy atom. The van der Waals surface area contributed by atoms with Crippen LogP contribution in [0.4, 0.5) is 5.82 Å². The number of hydrogen-bond acceptors (Lipinski definition) is 5.